The van der Waals surface area contributed by atoms with Gasteiger partial charge in [-0.25, -0.2) is 0 Å². The van der Waals surface area contributed by atoms with Crippen molar-refractivity contribution in [1.82, 2.24) is 0 Å². The Labute approximate surface area is 318 Å². The molecule has 0 radical (unpaired) electrons. The molecule has 1 heterocycles. The number of rotatable bonds is 4. The summed E-state index contributed by atoms with van der Waals surface area (Å²) in [5, 5.41) is 7.78. The Morgan fingerprint density at radius 1 is 0.302 bits per heavy atom. The minimum absolute atomic E-state index is 0.911. The maximum Gasteiger partial charge on any atom is 0.139 e. The molecule has 0 bridgehead atoms. The SMILES string of the molecule is Bc1c(B)c(B)c2c(-c3ccc(-c4cccc5oc6cc(-c7ccccc7)ccc6c45)cc3)c3c(B)c(B)c(B)c(B)c3c(-c3ccccc3)c2c1B. The lowest BCUT2D eigenvalue weighted by molar-refractivity contribution is 0.669. The first-order valence-electron chi connectivity index (χ1n) is 18.8. The van der Waals surface area contributed by atoms with Gasteiger partial charge in [-0.05, 0) is 84.3 Å². The highest BCUT2D eigenvalue weighted by Gasteiger charge is 2.25. The molecule has 0 fully saturated rings. The van der Waals surface area contributed by atoms with Gasteiger partial charge in [0.05, 0.1) is 0 Å². The fourth-order valence-electron chi connectivity index (χ4n) is 9.00. The van der Waals surface area contributed by atoms with Crippen molar-refractivity contribution >= 4 is 150 Å². The van der Waals surface area contributed by atoms with Gasteiger partial charge in [-0.2, -0.15) is 0 Å². The molecule has 0 unspecified atom stereocenters. The lowest BCUT2D eigenvalue weighted by atomic mass is 9.59. The molecule has 0 spiro atoms. The summed E-state index contributed by atoms with van der Waals surface area (Å²) in [4.78, 5) is 0. The molecule has 0 amide bonds. The molecule has 9 rings (SSSR count). The summed E-state index contributed by atoms with van der Waals surface area (Å²) in [6.45, 7) is 0. The Morgan fingerprint density at radius 2 is 0.736 bits per heavy atom. The van der Waals surface area contributed by atoms with E-state index in [4.69, 9.17) is 4.42 Å². The number of benzene rings is 8. The zero-order valence-electron chi connectivity index (χ0n) is 32.0. The maximum absolute atomic E-state index is 6.50. The molecule has 9 aromatic rings. The van der Waals surface area contributed by atoms with E-state index >= 15 is 0 Å². The molecular formula is C44H36B8O. The molecule has 0 aliphatic rings. The third-order valence-corrected chi connectivity index (χ3v) is 12.5. The van der Waals surface area contributed by atoms with Gasteiger partial charge in [0.1, 0.15) is 73.9 Å². The Balaban J connectivity index is 1.32. The van der Waals surface area contributed by atoms with Crippen LogP contribution in [0, 0.1) is 0 Å². The Hall–Kier alpha value is -5.40. The van der Waals surface area contributed by atoms with Crippen LogP contribution < -0.4 is 43.7 Å². The predicted molar refractivity (Wildman–Crippen MR) is 256 cm³/mol. The first-order valence-corrected chi connectivity index (χ1v) is 18.8. The molecular weight excluding hydrogens is 631 g/mol. The van der Waals surface area contributed by atoms with Crippen LogP contribution in [-0.2, 0) is 0 Å². The monoisotopic (exact) mass is 668 g/mol. The molecule has 53 heavy (non-hydrogen) atoms. The first-order chi connectivity index (χ1) is 25.7. The van der Waals surface area contributed by atoms with Crippen molar-refractivity contribution in [3.63, 3.8) is 0 Å². The smallest absolute Gasteiger partial charge is 0.139 e. The van der Waals surface area contributed by atoms with Crippen LogP contribution in [0.3, 0.4) is 0 Å². The lowest BCUT2D eigenvalue weighted by Crippen LogP contribution is -2.50. The average Bonchev–Trinajstić information content (AvgIpc) is 3.58. The fraction of sp³-hybridized carbons (Fsp3) is 0. The van der Waals surface area contributed by atoms with Gasteiger partial charge in [-0.3, -0.25) is 0 Å². The van der Waals surface area contributed by atoms with Crippen LogP contribution in [0.2, 0.25) is 0 Å². The van der Waals surface area contributed by atoms with Crippen LogP contribution in [0.25, 0.3) is 88.0 Å². The van der Waals surface area contributed by atoms with E-state index in [2.05, 4.69) is 184 Å². The second-order valence-corrected chi connectivity index (χ2v) is 15.1. The van der Waals surface area contributed by atoms with Crippen LogP contribution in [0.5, 0.6) is 0 Å². The van der Waals surface area contributed by atoms with Gasteiger partial charge in [0.15, 0.2) is 0 Å². The van der Waals surface area contributed by atoms with E-state index in [9.17, 15) is 0 Å². The van der Waals surface area contributed by atoms with E-state index in [1.165, 1.54) is 104 Å². The van der Waals surface area contributed by atoms with Gasteiger partial charge < -0.3 is 4.42 Å². The fourth-order valence-corrected chi connectivity index (χ4v) is 9.00. The van der Waals surface area contributed by atoms with E-state index in [1.54, 1.807) is 0 Å². The molecule has 1 aromatic heterocycles. The number of furan rings is 1. The molecule has 1 nitrogen and oxygen atoms in total. The van der Waals surface area contributed by atoms with E-state index in [-0.39, 0.29) is 0 Å². The summed E-state index contributed by atoms with van der Waals surface area (Å²) in [6, 6.07) is 44.0. The highest BCUT2D eigenvalue weighted by molar-refractivity contribution is 6.71. The van der Waals surface area contributed by atoms with Gasteiger partial charge in [0.2, 0.25) is 0 Å². The van der Waals surface area contributed by atoms with Crippen molar-refractivity contribution in [3.05, 3.63) is 121 Å². The number of hydrogen-bond acceptors (Lipinski definition) is 1. The topological polar surface area (TPSA) is 13.1 Å². The van der Waals surface area contributed by atoms with Crippen molar-refractivity contribution in [2.24, 2.45) is 0 Å². The van der Waals surface area contributed by atoms with Crippen LogP contribution in [-0.4, -0.2) is 62.8 Å². The third kappa shape index (κ3) is 5.04. The largest absolute Gasteiger partial charge is 0.456 e. The Kier molecular flexibility index (Phi) is 7.97. The van der Waals surface area contributed by atoms with Gasteiger partial charge >= 0.3 is 0 Å². The minimum Gasteiger partial charge on any atom is -0.456 e. The molecule has 0 saturated carbocycles. The zero-order valence-corrected chi connectivity index (χ0v) is 32.0. The van der Waals surface area contributed by atoms with Crippen molar-refractivity contribution in [1.29, 1.82) is 0 Å². The molecule has 0 aliphatic heterocycles. The molecule has 0 saturated heterocycles. The molecule has 0 aliphatic carbocycles. The second kappa shape index (κ2) is 12.6. The summed E-state index contributed by atoms with van der Waals surface area (Å²) >= 11 is 0. The van der Waals surface area contributed by atoms with E-state index in [0.717, 1.165) is 27.5 Å². The van der Waals surface area contributed by atoms with Gasteiger partial charge in [0, 0.05) is 10.8 Å². The number of hydrogen-bond donors (Lipinski definition) is 0. The number of fused-ring (bicyclic) bond motifs is 5. The van der Waals surface area contributed by atoms with Crippen LogP contribution in [0.4, 0.5) is 0 Å². The maximum atomic E-state index is 6.50. The minimum atomic E-state index is 0.911. The first kappa shape index (κ1) is 33.4. The predicted octanol–water partition coefficient (Wildman–Crippen LogP) is -1.37. The molecule has 242 valence electrons. The summed E-state index contributed by atoms with van der Waals surface area (Å²) < 4.78 is 6.50. The Bertz CT molecular complexity index is 2870. The van der Waals surface area contributed by atoms with Crippen molar-refractivity contribution < 1.29 is 4.42 Å². The quantitative estimate of drug-likeness (QED) is 0.167. The summed E-state index contributed by atoms with van der Waals surface area (Å²) in [5.74, 6) is 0. The molecule has 0 N–H and O–H groups in total. The van der Waals surface area contributed by atoms with Gasteiger partial charge in [-0.15, -0.1) is 21.9 Å². The van der Waals surface area contributed by atoms with Crippen molar-refractivity contribution in [2.75, 3.05) is 0 Å². The zero-order chi connectivity index (χ0) is 36.7. The van der Waals surface area contributed by atoms with Gasteiger partial charge in [-0.1, -0.05) is 125 Å². The van der Waals surface area contributed by atoms with E-state index in [0.29, 0.717) is 0 Å². The lowest BCUT2D eigenvalue weighted by Gasteiger charge is -2.28. The highest BCUT2D eigenvalue weighted by atomic mass is 16.3. The standard InChI is InChI=1S/C44H36B8O/c45-37-33-30(23-10-5-2-6-11-23)34-36(40(48)44(52)42(50)38(34)46)31(35(33)39(47)43(51)41(37)49)24-16-14-22(15-17-24)26-12-7-13-28-32(26)27-19-18-25(20-29(27)53-28)21-8-3-1-4-9-21/h1-20H,45-52H2. The van der Waals surface area contributed by atoms with Crippen LogP contribution in [0.15, 0.2) is 126 Å². The van der Waals surface area contributed by atoms with Crippen LogP contribution in [0.1, 0.15) is 0 Å². The third-order valence-electron chi connectivity index (χ3n) is 12.5. The van der Waals surface area contributed by atoms with Crippen molar-refractivity contribution in [3.8, 4) is 44.5 Å². The second-order valence-electron chi connectivity index (χ2n) is 15.1. The summed E-state index contributed by atoms with van der Waals surface area (Å²) in [5.41, 5.74) is 22.7. The van der Waals surface area contributed by atoms with Crippen molar-refractivity contribution in [2.45, 2.75) is 0 Å². The van der Waals surface area contributed by atoms with E-state index in [1.807, 2.05) is 0 Å². The summed E-state index contributed by atoms with van der Waals surface area (Å²) in [7, 11) is 18.5. The normalized spacial score (nSPS) is 11.6. The molecule has 8 aromatic carbocycles. The molecule has 0 atom stereocenters. The Morgan fingerprint density at radius 3 is 1.25 bits per heavy atom. The highest BCUT2D eigenvalue weighted by Crippen LogP contribution is 2.42. The summed E-state index contributed by atoms with van der Waals surface area (Å²) in [6.07, 6.45) is 0. The molecule has 9 heteroatoms. The van der Waals surface area contributed by atoms with E-state index < -0.39 is 0 Å². The average molecular weight is 667 g/mol. The van der Waals surface area contributed by atoms with Crippen LogP contribution >= 0.6 is 0 Å². The van der Waals surface area contributed by atoms with Gasteiger partial charge in [0.25, 0.3) is 0 Å².